The molecule has 0 aliphatic carbocycles. The van der Waals surface area contributed by atoms with E-state index in [2.05, 4.69) is 5.32 Å². The number of ether oxygens (including phenoxy) is 1. The van der Waals surface area contributed by atoms with Crippen LogP contribution in [0.1, 0.15) is 38.8 Å². The van der Waals surface area contributed by atoms with Gasteiger partial charge in [-0.3, -0.25) is 5.32 Å². The predicted octanol–water partition coefficient (Wildman–Crippen LogP) is 3.47. The maximum atomic E-state index is 13.5. The molecule has 0 spiro atoms. The van der Waals surface area contributed by atoms with Gasteiger partial charge in [-0.2, -0.15) is 0 Å². The first kappa shape index (κ1) is 15.9. The number of carbonyl (C=O) groups excluding carboxylic acids is 1. The molecule has 0 fully saturated rings. The summed E-state index contributed by atoms with van der Waals surface area (Å²) in [6, 6.07) is 3.77. The number of hydrogen-bond acceptors (Lipinski definition) is 3. The van der Waals surface area contributed by atoms with Crippen LogP contribution in [0.15, 0.2) is 18.2 Å². The van der Waals surface area contributed by atoms with Gasteiger partial charge in [0.05, 0.1) is 11.6 Å². The molecule has 3 nitrogen and oxygen atoms in total. The summed E-state index contributed by atoms with van der Waals surface area (Å²) in [5.74, 6) is -0.955. The summed E-state index contributed by atoms with van der Waals surface area (Å²) in [7, 11) is 0. The molecular formula is C14H19ClFNO2. The molecule has 1 aromatic rings. The van der Waals surface area contributed by atoms with Gasteiger partial charge in [0.15, 0.2) is 0 Å². The van der Waals surface area contributed by atoms with Gasteiger partial charge >= 0.3 is 5.97 Å². The molecule has 1 N–H and O–H groups in total. The zero-order valence-electron chi connectivity index (χ0n) is 11.4. The van der Waals surface area contributed by atoms with Gasteiger partial charge in [0.25, 0.3) is 0 Å². The van der Waals surface area contributed by atoms with Crippen molar-refractivity contribution in [2.45, 2.75) is 39.3 Å². The standard InChI is InChI=1S/C14H19ClFNO2/c1-4-9(3)17-13(14(18)19-5-2)10-6-7-11(15)12(16)8-10/h6-9,13,17H,4-5H2,1-3H3. The van der Waals surface area contributed by atoms with Crippen LogP contribution in [0.3, 0.4) is 0 Å². The lowest BCUT2D eigenvalue weighted by atomic mass is 10.1. The molecule has 19 heavy (non-hydrogen) atoms. The largest absolute Gasteiger partial charge is 0.465 e. The molecule has 5 heteroatoms. The van der Waals surface area contributed by atoms with E-state index in [4.69, 9.17) is 16.3 Å². The van der Waals surface area contributed by atoms with E-state index in [1.54, 1.807) is 13.0 Å². The Labute approximate surface area is 118 Å². The second-order valence-corrected chi connectivity index (χ2v) is 4.74. The van der Waals surface area contributed by atoms with Crippen molar-refractivity contribution in [1.29, 1.82) is 0 Å². The van der Waals surface area contributed by atoms with Crippen molar-refractivity contribution in [3.05, 3.63) is 34.6 Å². The summed E-state index contributed by atoms with van der Waals surface area (Å²) in [5.41, 5.74) is 0.514. The van der Waals surface area contributed by atoms with Crippen molar-refractivity contribution in [2.24, 2.45) is 0 Å². The van der Waals surface area contributed by atoms with Gasteiger partial charge in [-0.05, 0) is 38.0 Å². The number of nitrogens with one attached hydrogen (secondary N) is 1. The van der Waals surface area contributed by atoms with Crippen molar-refractivity contribution in [3.8, 4) is 0 Å². The molecule has 0 heterocycles. The smallest absolute Gasteiger partial charge is 0.327 e. The lowest BCUT2D eigenvalue weighted by Crippen LogP contribution is -2.36. The molecule has 0 aliphatic heterocycles. The van der Waals surface area contributed by atoms with Crippen molar-refractivity contribution in [3.63, 3.8) is 0 Å². The van der Waals surface area contributed by atoms with Crippen LogP contribution in [0.2, 0.25) is 5.02 Å². The second kappa shape index (κ2) is 7.46. The Morgan fingerprint density at radius 2 is 2.16 bits per heavy atom. The summed E-state index contributed by atoms with van der Waals surface area (Å²) in [6.45, 7) is 5.98. The van der Waals surface area contributed by atoms with Gasteiger partial charge in [0.1, 0.15) is 11.9 Å². The summed E-state index contributed by atoms with van der Waals surface area (Å²) in [6.07, 6.45) is 0.853. The fourth-order valence-electron chi connectivity index (χ4n) is 1.62. The van der Waals surface area contributed by atoms with Crippen LogP contribution >= 0.6 is 11.6 Å². The monoisotopic (exact) mass is 287 g/mol. The summed E-state index contributed by atoms with van der Waals surface area (Å²) < 4.78 is 18.5. The zero-order chi connectivity index (χ0) is 14.4. The minimum atomic E-state index is -0.679. The molecule has 0 bridgehead atoms. The Morgan fingerprint density at radius 1 is 1.47 bits per heavy atom. The Hall–Kier alpha value is -1.13. The van der Waals surface area contributed by atoms with Crippen LogP contribution in [-0.4, -0.2) is 18.6 Å². The average Bonchev–Trinajstić information content (AvgIpc) is 2.39. The third-order valence-electron chi connectivity index (χ3n) is 2.86. The molecule has 2 atom stereocenters. The Morgan fingerprint density at radius 3 is 2.68 bits per heavy atom. The summed E-state index contributed by atoms with van der Waals surface area (Å²) in [5, 5.41) is 3.17. The highest BCUT2D eigenvalue weighted by molar-refractivity contribution is 6.30. The quantitative estimate of drug-likeness (QED) is 0.814. The highest BCUT2D eigenvalue weighted by Crippen LogP contribution is 2.22. The zero-order valence-corrected chi connectivity index (χ0v) is 12.1. The third kappa shape index (κ3) is 4.48. The van der Waals surface area contributed by atoms with Gasteiger partial charge in [0.2, 0.25) is 0 Å². The fraction of sp³-hybridized carbons (Fsp3) is 0.500. The highest BCUT2D eigenvalue weighted by Gasteiger charge is 2.24. The maximum absolute atomic E-state index is 13.5. The maximum Gasteiger partial charge on any atom is 0.327 e. The first-order valence-electron chi connectivity index (χ1n) is 6.37. The molecule has 1 rings (SSSR count). The molecular weight excluding hydrogens is 269 g/mol. The van der Waals surface area contributed by atoms with Crippen LogP contribution in [0.25, 0.3) is 0 Å². The predicted molar refractivity (Wildman–Crippen MR) is 73.7 cm³/mol. The molecule has 2 unspecified atom stereocenters. The van der Waals surface area contributed by atoms with E-state index in [1.165, 1.54) is 12.1 Å². The lowest BCUT2D eigenvalue weighted by molar-refractivity contribution is -0.146. The first-order chi connectivity index (χ1) is 8.99. The van der Waals surface area contributed by atoms with E-state index in [0.717, 1.165) is 6.42 Å². The lowest BCUT2D eigenvalue weighted by Gasteiger charge is -2.21. The van der Waals surface area contributed by atoms with Gasteiger partial charge in [0, 0.05) is 6.04 Å². The fourth-order valence-corrected chi connectivity index (χ4v) is 1.74. The van der Waals surface area contributed by atoms with Crippen LogP contribution in [0, 0.1) is 5.82 Å². The van der Waals surface area contributed by atoms with Crippen LogP contribution in [-0.2, 0) is 9.53 Å². The number of halogens is 2. The van der Waals surface area contributed by atoms with E-state index in [1.807, 2.05) is 13.8 Å². The first-order valence-corrected chi connectivity index (χ1v) is 6.75. The number of rotatable bonds is 6. The summed E-state index contributed by atoms with van der Waals surface area (Å²) in [4.78, 5) is 12.0. The van der Waals surface area contributed by atoms with Gasteiger partial charge < -0.3 is 4.74 Å². The molecule has 0 radical (unpaired) electrons. The molecule has 0 saturated carbocycles. The van der Waals surface area contributed by atoms with Gasteiger partial charge in [-0.1, -0.05) is 24.6 Å². The van der Waals surface area contributed by atoms with E-state index in [0.29, 0.717) is 5.56 Å². The van der Waals surface area contributed by atoms with Crippen molar-refractivity contribution in [1.82, 2.24) is 5.32 Å². The minimum absolute atomic E-state index is 0.0369. The molecule has 0 aromatic heterocycles. The highest BCUT2D eigenvalue weighted by atomic mass is 35.5. The molecule has 0 aliphatic rings. The van der Waals surface area contributed by atoms with Crippen LogP contribution in [0.5, 0.6) is 0 Å². The third-order valence-corrected chi connectivity index (χ3v) is 3.17. The van der Waals surface area contributed by atoms with Crippen molar-refractivity contribution >= 4 is 17.6 Å². The second-order valence-electron chi connectivity index (χ2n) is 4.33. The average molecular weight is 288 g/mol. The van der Waals surface area contributed by atoms with E-state index in [9.17, 15) is 9.18 Å². The number of carbonyl (C=O) groups is 1. The van der Waals surface area contributed by atoms with E-state index >= 15 is 0 Å². The molecule has 0 amide bonds. The Bertz CT molecular complexity index is 439. The topological polar surface area (TPSA) is 38.3 Å². The van der Waals surface area contributed by atoms with E-state index < -0.39 is 17.8 Å². The van der Waals surface area contributed by atoms with Crippen molar-refractivity contribution in [2.75, 3.05) is 6.61 Å². The summed E-state index contributed by atoms with van der Waals surface area (Å²) >= 11 is 5.65. The number of esters is 1. The molecule has 0 saturated heterocycles. The van der Waals surface area contributed by atoms with Gasteiger partial charge in [-0.15, -0.1) is 0 Å². The molecule has 1 aromatic carbocycles. The SMILES string of the molecule is CCOC(=O)C(NC(C)CC)c1ccc(Cl)c(F)c1. The van der Waals surface area contributed by atoms with Crippen molar-refractivity contribution < 1.29 is 13.9 Å². The van der Waals surface area contributed by atoms with Gasteiger partial charge in [-0.25, -0.2) is 9.18 Å². The molecule has 106 valence electrons. The number of hydrogen-bond donors (Lipinski definition) is 1. The Balaban J connectivity index is 3.00. The minimum Gasteiger partial charge on any atom is -0.465 e. The van der Waals surface area contributed by atoms with Crippen LogP contribution in [0.4, 0.5) is 4.39 Å². The normalized spacial score (nSPS) is 13.9. The number of benzene rings is 1. The Kier molecular flexibility index (Phi) is 6.25. The van der Waals surface area contributed by atoms with E-state index in [-0.39, 0.29) is 17.7 Å². The van der Waals surface area contributed by atoms with Crippen LogP contribution < -0.4 is 5.32 Å².